The van der Waals surface area contributed by atoms with E-state index in [4.69, 9.17) is 4.74 Å². The molecule has 0 spiro atoms. The van der Waals surface area contributed by atoms with Crippen molar-refractivity contribution in [3.8, 4) is 0 Å². The van der Waals surface area contributed by atoms with Gasteiger partial charge in [0.1, 0.15) is 0 Å². The minimum atomic E-state index is -0.490. The fourth-order valence-electron chi connectivity index (χ4n) is 2.64. The number of amides is 2. The highest BCUT2D eigenvalue weighted by molar-refractivity contribution is 6.35. The van der Waals surface area contributed by atoms with E-state index in [1.54, 1.807) is 4.90 Å². The molecule has 0 aromatic rings. The first-order valence-electron chi connectivity index (χ1n) is 7.58. The molecular weight excluding hydrogens is 256 g/mol. The normalized spacial score (nSPS) is 22.9. The van der Waals surface area contributed by atoms with Crippen LogP contribution in [0, 0.1) is 11.8 Å². The summed E-state index contributed by atoms with van der Waals surface area (Å²) in [5, 5.41) is 2.67. The molecule has 1 aliphatic rings. The highest BCUT2D eigenvalue weighted by atomic mass is 16.5. The Kier molecular flexibility index (Phi) is 6.99. The van der Waals surface area contributed by atoms with E-state index >= 15 is 0 Å². The van der Waals surface area contributed by atoms with Gasteiger partial charge in [-0.05, 0) is 38.5 Å². The van der Waals surface area contributed by atoms with E-state index in [1.807, 2.05) is 13.8 Å². The van der Waals surface area contributed by atoms with Crippen LogP contribution in [-0.2, 0) is 14.3 Å². The molecule has 5 heteroatoms. The standard InChI is InChI=1S/C15H28N2O3/c1-11(2)20-7-5-6-16-14(18)15(19)17-9-12(3)8-13(4)10-17/h11-13H,5-10H2,1-4H3,(H,16,18). The molecule has 0 saturated carbocycles. The molecule has 1 rings (SSSR count). The minimum absolute atomic E-state index is 0.198. The van der Waals surface area contributed by atoms with Crippen molar-refractivity contribution in [2.75, 3.05) is 26.2 Å². The Bertz CT molecular complexity index is 321. The largest absolute Gasteiger partial charge is 0.379 e. The summed E-state index contributed by atoms with van der Waals surface area (Å²) in [7, 11) is 0. The summed E-state index contributed by atoms with van der Waals surface area (Å²) >= 11 is 0. The van der Waals surface area contributed by atoms with Crippen LogP contribution in [-0.4, -0.2) is 49.1 Å². The maximum atomic E-state index is 12.0. The second kappa shape index (κ2) is 8.25. The van der Waals surface area contributed by atoms with Gasteiger partial charge in [0.25, 0.3) is 0 Å². The first-order valence-corrected chi connectivity index (χ1v) is 7.58. The molecule has 1 fully saturated rings. The number of nitrogens with one attached hydrogen (secondary N) is 1. The Balaban J connectivity index is 2.26. The molecule has 1 aliphatic heterocycles. The molecule has 2 unspecified atom stereocenters. The third-order valence-electron chi connectivity index (χ3n) is 3.41. The lowest BCUT2D eigenvalue weighted by Crippen LogP contribution is -2.49. The van der Waals surface area contributed by atoms with Gasteiger partial charge in [-0.1, -0.05) is 13.8 Å². The SMILES string of the molecule is CC1CC(C)CN(C(=O)C(=O)NCCCOC(C)C)C1. The van der Waals surface area contributed by atoms with Crippen molar-refractivity contribution >= 4 is 11.8 Å². The summed E-state index contributed by atoms with van der Waals surface area (Å²) in [6.45, 7) is 10.6. The number of rotatable bonds is 5. The summed E-state index contributed by atoms with van der Waals surface area (Å²) in [6, 6.07) is 0. The van der Waals surface area contributed by atoms with Gasteiger partial charge in [0.15, 0.2) is 0 Å². The quantitative estimate of drug-likeness (QED) is 0.613. The van der Waals surface area contributed by atoms with Gasteiger partial charge in [0.2, 0.25) is 0 Å². The lowest BCUT2D eigenvalue weighted by atomic mass is 9.92. The predicted octanol–water partition coefficient (Wildman–Crippen LogP) is 1.42. The summed E-state index contributed by atoms with van der Waals surface area (Å²) in [6.07, 6.45) is 2.05. The minimum Gasteiger partial charge on any atom is -0.379 e. The molecule has 20 heavy (non-hydrogen) atoms. The first-order chi connectivity index (χ1) is 9.40. The van der Waals surface area contributed by atoms with E-state index < -0.39 is 11.8 Å². The average Bonchev–Trinajstić information content (AvgIpc) is 2.35. The molecule has 0 radical (unpaired) electrons. The smallest absolute Gasteiger partial charge is 0.311 e. The second-order valence-electron chi connectivity index (χ2n) is 6.19. The molecule has 2 amide bonds. The summed E-state index contributed by atoms with van der Waals surface area (Å²) in [5.74, 6) is 0.0499. The number of likely N-dealkylation sites (tertiary alicyclic amines) is 1. The zero-order valence-corrected chi connectivity index (χ0v) is 13.1. The molecule has 1 saturated heterocycles. The number of hydrogen-bond acceptors (Lipinski definition) is 3. The van der Waals surface area contributed by atoms with Crippen LogP contribution >= 0.6 is 0 Å². The zero-order chi connectivity index (χ0) is 15.1. The molecule has 2 atom stereocenters. The van der Waals surface area contributed by atoms with Crippen LogP contribution in [0.15, 0.2) is 0 Å². The van der Waals surface area contributed by atoms with Crippen molar-refractivity contribution in [3.05, 3.63) is 0 Å². The lowest BCUT2D eigenvalue weighted by Gasteiger charge is -2.34. The van der Waals surface area contributed by atoms with Gasteiger partial charge in [-0.2, -0.15) is 0 Å². The van der Waals surface area contributed by atoms with Gasteiger partial charge < -0.3 is 15.0 Å². The number of hydrogen-bond donors (Lipinski definition) is 1. The number of carbonyl (C=O) groups is 2. The fraction of sp³-hybridized carbons (Fsp3) is 0.867. The molecule has 5 nitrogen and oxygen atoms in total. The van der Waals surface area contributed by atoms with Gasteiger partial charge >= 0.3 is 11.8 Å². The number of ether oxygens (including phenoxy) is 1. The molecule has 1 heterocycles. The summed E-state index contributed by atoms with van der Waals surface area (Å²) in [4.78, 5) is 25.5. The van der Waals surface area contributed by atoms with Gasteiger partial charge in [0, 0.05) is 26.2 Å². The first kappa shape index (κ1) is 17.0. The molecule has 0 aromatic heterocycles. The molecule has 0 aliphatic carbocycles. The van der Waals surface area contributed by atoms with Crippen LogP contribution < -0.4 is 5.32 Å². The molecular formula is C15H28N2O3. The lowest BCUT2D eigenvalue weighted by molar-refractivity contribution is -0.147. The van der Waals surface area contributed by atoms with E-state index in [1.165, 1.54) is 0 Å². The Morgan fingerprint density at radius 1 is 1.25 bits per heavy atom. The van der Waals surface area contributed by atoms with Gasteiger partial charge in [-0.25, -0.2) is 0 Å². The summed E-state index contributed by atoms with van der Waals surface area (Å²) in [5.41, 5.74) is 0. The van der Waals surface area contributed by atoms with Crippen molar-refractivity contribution < 1.29 is 14.3 Å². The van der Waals surface area contributed by atoms with Crippen molar-refractivity contribution in [3.63, 3.8) is 0 Å². The van der Waals surface area contributed by atoms with E-state index in [0.717, 1.165) is 12.8 Å². The fourth-order valence-corrected chi connectivity index (χ4v) is 2.64. The maximum Gasteiger partial charge on any atom is 0.311 e. The van der Waals surface area contributed by atoms with Crippen LogP contribution in [0.3, 0.4) is 0 Å². The van der Waals surface area contributed by atoms with Crippen molar-refractivity contribution in [1.82, 2.24) is 10.2 Å². The molecule has 0 aromatic carbocycles. The molecule has 116 valence electrons. The third-order valence-corrected chi connectivity index (χ3v) is 3.41. The number of carbonyl (C=O) groups excluding carboxylic acids is 2. The Hall–Kier alpha value is -1.10. The number of nitrogens with zero attached hydrogens (tertiary/aromatic N) is 1. The zero-order valence-electron chi connectivity index (χ0n) is 13.1. The summed E-state index contributed by atoms with van der Waals surface area (Å²) < 4.78 is 5.38. The van der Waals surface area contributed by atoms with Crippen molar-refractivity contribution in [1.29, 1.82) is 0 Å². The maximum absolute atomic E-state index is 12.0. The van der Waals surface area contributed by atoms with Gasteiger partial charge in [0.05, 0.1) is 6.10 Å². The Labute approximate surface area is 122 Å². The Morgan fingerprint density at radius 2 is 1.85 bits per heavy atom. The van der Waals surface area contributed by atoms with E-state index in [2.05, 4.69) is 19.2 Å². The van der Waals surface area contributed by atoms with Gasteiger partial charge in [-0.3, -0.25) is 9.59 Å². The topological polar surface area (TPSA) is 58.6 Å². The highest BCUT2D eigenvalue weighted by Gasteiger charge is 2.28. The van der Waals surface area contributed by atoms with Crippen LogP contribution in [0.2, 0.25) is 0 Å². The van der Waals surface area contributed by atoms with Gasteiger partial charge in [-0.15, -0.1) is 0 Å². The van der Waals surface area contributed by atoms with Crippen LogP contribution in [0.4, 0.5) is 0 Å². The van der Waals surface area contributed by atoms with Crippen molar-refractivity contribution in [2.45, 2.75) is 46.6 Å². The Morgan fingerprint density at radius 3 is 2.40 bits per heavy atom. The average molecular weight is 284 g/mol. The highest BCUT2D eigenvalue weighted by Crippen LogP contribution is 2.20. The number of piperidine rings is 1. The second-order valence-corrected chi connectivity index (χ2v) is 6.19. The van der Waals surface area contributed by atoms with E-state index in [-0.39, 0.29) is 6.10 Å². The molecule has 1 N–H and O–H groups in total. The molecule has 0 bridgehead atoms. The van der Waals surface area contributed by atoms with E-state index in [9.17, 15) is 9.59 Å². The predicted molar refractivity (Wildman–Crippen MR) is 78.2 cm³/mol. The van der Waals surface area contributed by atoms with Crippen LogP contribution in [0.25, 0.3) is 0 Å². The monoisotopic (exact) mass is 284 g/mol. The van der Waals surface area contributed by atoms with Crippen LogP contribution in [0.1, 0.15) is 40.5 Å². The third kappa shape index (κ3) is 5.90. The van der Waals surface area contributed by atoms with Crippen LogP contribution in [0.5, 0.6) is 0 Å². The van der Waals surface area contributed by atoms with E-state index in [0.29, 0.717) is 38.1 Å². The van der Waals surface area contributed by atoms with Crippen molar-refractivity contribution in [2.24, 2.45) is 11.8 Å².